The monoisotopic (exact) mass is 374 g/mol. The van der Waals surface area contributed by atoms with Crippen LogP contribution < -0.4 is 0 Å². The molecule has 0 saturated carbocycles. The number of benzene rings is 1. The molecule has 0 aliphatic carbocycles. The number of hydrogen-bond acceptors (Lipinski definition) is 4. The van der Waals surface area contributed by atoms with Crippen molar-refractivity contribution < 1.29 is 0 Å². The zero-order chi connectivity index (χ0) is 19.2. The molecule has 3 heterocycles. The lowest BCUT2D eigenvalue weighted by atomic mass is 10.1. The Morgan fingerprint density at radius 2 is 1.86 bits per heavy atom. The summed E-state index contributed by atoms with van der Waals surface area (Å²) in [7, 11) is 0. The van der Waals surface area contributed by atoms with Gasteiger partial charge in [-0.1, -0.05) is 30.3 Å². The van der Waals surface area contributed by atoms with Gasteiger partial charge in [0, 0.05) is 62.1 Å². The van der Waals surface area contributed by atoms with E-state index in [-0.39, 0.29) is 0 Å². The summed E-state index contributed by atoms with van der Waals surface area (Å²) in [4.78, 5) is 14.2. The molecule has 0 N–H and O–H groups in total. The molecule has 1 unspecified atom stereocenters. The zero-order valence-corrected chi connectivity index (χ0v) is 16.8. The van der Waals surface area contributed by atoms with Crippen LogP contribution in [0.4, 0.5) is 0 Å². The number of hydrogen-bond donors (Lipinski definition) is 0. The summed E-state index contributed by atoms with van der Waals surface area (Å²) in [6, 6.07) is 17.7. The van der Waals surface area contributed by atoms with E-state index in [1.807, 2.05) is 18.5 Å². The standard InChI is InChI=1S/C24H30N4/c1-20-19-27(15-12-23-10-9-22-18-25-13-11-24(22)26-23)16-17-28(20)14-5-8-21-6-3-2-4-7-21/h2-4,6-7,9-11,13,18,20H,5,8,12,14-17,19H2,1H3. The fraction of sp³-hybridized carbons (Fsp3) is 0.417. The highest BCUT2D eigenvalue weighted by Crippen LogP contribution is 2.14. The molecule has 0 amide bonds. The highest BCUT2D eigenvalue weighted by molar-refractivity contribution is 5.77. The topological polar surface area (TPSA) is 32.3 Å². The molecule has 1 aliphatic heterocycles. The quantitative estimate of drug-likeness (QED) is 0.629. The lowest BCUT2D eigenvalue weighted by Gasteiger charge is -2.40. The largest absolute Gasteiger partial charge is 0.300 e. The first-order valence-electron chi connectivity index (χ1n) is 10.5. The van der Waals surface area contributed by atoms with Crippen molar-refractivity contribution in [1.29, 1.82) is 0 Å². The molecule has 3 aromatic rings. The number of piperazine rings is 1. The van der Waals surface area contributed by atoms with E-state index in [0.717, 1.165) is 37.0 Å². The predicted molar refractivity (Wildman–Crippen MR) is 115 cm³/mol. The summed E-state index contributed by atoms with van der Waals surface area (Å²) in [6.07, 6.45) is 7.13. The maximum atomic E-state index is 4.79. The lowest BCUT2D eigenvalue weighted by molar-refractivity contribution is 0.0833. The molecular formula is C24H30N4. The first-order valence-corrected chi connectivity index (χ1v) is 10.5. The Kier molecular flexibility index (Phi) is 6.30. The van der Waals surface area contributed by atoms with E-state index >= 15 is 0 Å². The molecule has 1 aliphatic rings. The Morgan fingerprint density at radius 1 is 0.964 bits per heavy atom. The first kappa shape index (κ1) is 19.0. The van der Waals surface area contributed by atoms with Crippen LogP contribution in [-0.2, 0) is 12.8 Å². The van der Waals surface area contributed by atoms with Crippen LogP contribution in [0.2, 0.25) is 0 Å². The minimum absolute atomic E-state index is 0.625. The summed E-state index contributed by atoms with van der Waals surface area (Å²) in [5.74, 6) is 0. The molecule has 2 aromatic heterocycles. The summed E-state index contributed by atoms with van der Waals surface area (Å²) < 4.78 is 0. The molecular weight excluding hydrogens is 344 g/mol. The second-order valence-electron chi connectivity index (χ2n) is 7.90. The third kappa shape index (κ3) is 4.94. The van der Waals surface area contributed by atoms with Crippen LogP contribution in [0.15, 0.2) is 60.9 Å². The van der Waals surface area contributed by atoms with Gasteiger partial charge in [-0.3, -0.25) is 14.9 Å². The SMILES string of the molecule is CC1CN(CCc2ccc3cnccc3n2)CCN1CCCc1ccccc1. The van der Waals surface area contributed by atoms with Crippen molar-refractivity contribution in [3.05, 3.63) is 72.2 Å². The van der Waals surface area contributed by atoms with Gasteiger partial charge in [-0.25, -0.2) is 0 Å². The van der Waals surface area contributed by atoms with Gasteiger partial charge >= 0.3 is 0 Å². The number of rotatable bonds is 7. The van der Waals surface area contributed by atoms with Gasteiger partial charge in [-0.2, -0.15) is 0 Å². The van der Waals surface area contributed by atoms with Crippen LogP contribution >= 0.6 is 0 Å². The molecule has 1 aromatic carbocycles. The Labute approximate surface area is 168 Å². The molecule has 0 bridgehead atoms. The second kappa shape index (κ2) is 9.26. The van der Waals surface area contributed by atoms with E-state index < -0.39 is 0 Å². The van der Waals surface area contributed by atoms with Crippen molar-refractivity contribution >= 4 is 10.9 Å². The Bertz CT molecular complexity index is 880. The van der Waals surface area contributed by atoms with E-state index in [2.05, 4.69) is 64.2 Å². The van der Waals surface area contributed by atoms with Gasteiger partial charge in [0.1, 0.15) is 0 Å². The van der Waals surface area contributed by atoms with Gasteiger partial charge in [-0.05, 0) is 50.1 Å². The normalized spacial score (nSPS) is 18.5. The summed E-state index contributed by atoms with van der Waals surface area (Å²) >= 11 is 0. The summed E-state index contributed by atoms with van der Waals surface area (Å²) in [5.41, 5.74) is 3.67. The van der Waals surface area contributed by atoms with Crippen LogP contribution in [0.1, 0.15) is 24.6 Å². The van der Waals surface area contributed by atoms with Gasteiger partial charge in [0.2, 0.25) is 0 Å². The van der Waals surface area contributed by atoms with Crippen molar-refractivity contribution in [2.75, 3.05) is 32.7 Å². The highest BCUT2D eigenvalue weighted by atomic mass is 15.3. The first-order chi connectivity index (χ1) is 13.8. The lowest BCUT2D eigenvalue weighted by Crippen LogP contribution is -2.52. The van der Waals surface area contributed by atoms with E-state index in [9.17, 15) is 0 Å². The number of aryl methyl sites for hydroxylation is 1. The predicted octanol–water partition coefficient (Wildman–Crippen LogP) is 3.81. The fourth-order valence-electron chi connectivity index (χ4n) is 4.16. The molecule has 28 heavy (non-hydrogen) atoms. The molecule has 4 rings (SSSR count). The van der Waals surface area contributed by atoms with E-state index in [4.69, 9.17) is 4.98 Å². The van der Waals surface area contributed by atoms with E-state index in [1.54, 1.807) is 0 Å². The average Bonchev–Trinajstić information content (AvgIpc) is 2.74. The van der Waals surface area contributed by atoms with Crippen molar-refractivity contribution in [2.24, 2.45) is 0 Å². The van der Waals surface area contributed by atoms with E-state index in [0.29, 0.717) is 6.04 Å². The Balaban J connectivity index is 1.22. The molecule has 0 spiro atoms. The zero-order valence-electron chi connectivity index (χ0n) is 16.8. The molecule has 1 saturated heterocycles. The molecule has 1 atom stereocenters. The van der Waals surface area contributed by atoms with Gasteiger partial charge in [0.15, 0.2) is 0 Å². The molecule has 146 valence electrons. The Hall–Kier alpha value is -2.30. The average molecular weight is 375 g/mol. The molecule has 1 fully saturated rings. The molecule has 4 nitrogen and oxygen atoms in total. The molecule has 0 radical (unpaired) electrons. The Morgan fingerprint density at radius 3 is 2.71 bits per heavy atom. The highest BCUT2D eigenvalue weighted by Gasteiger charge is 2.22. The van der Waals surface area contributed by atoms with Gasteiger partial charge in [0.25, 0.3) is 0 Å². The minimum Gasteiger partial charge on any atom is -0.300 e. The van der Waals surface area contributed by atoms with Crippen LogP contribution in [0.5, 0.6) is 0 Å². The smallest absolute Gasteiger partial charge is 0.0736 e. The third-order valence-electron chi connectivity index (χ3n) is 5.83. The van der Waals surface area contributed by atoms with Crippen LogP contribution in [0, 0.1) is 0 Å². The number of nitrogens with zero attached hydrogens (tertiary/aromatic N) is 4. The fourth-order valence-corrected chi connectivity index (χ4v) is 4.16. The third-order valence-corrected chi connectivity index (χ3v) is 5.83. The maximum Gasteiger partial charge on any atom is 0.0736 e. The van der Waals surface area contributed by atoms with Gasteiger partial charge in [0.05, 0.1) is 5.52 Å². The van der Waals surface area contributed by atoms with Gasteiger partial charge in [-0.15, -0.1) is 0 Å². The maximum absolute atomic E-state index is 4.79. The van der Waals surface area contributed by atoms with Gasteiger partial charge < -0.3 is 4.90 Å². The number of fused-ring (bicyclic) bond motifs is 1. The molecule has 4 heteroatoms. The van der Waals surface area contributed by atoms with E-state index in [1.165, 1.54) is 37.2 Å². The summed E-state index contributed by atoms with van der Waals surface area (Å²) in [6.45, 7) is 8.15. The van der Waals surface area contributed by atoms with Crippen LogP contribution in [0.25, 0.3) is 10.9 Å². The summed E-state index contributed by atoms with van der Waals surface area (Å²) in [5, 5.41) is 1.11. The van der Waals surface area contributed by atoms with Crippen molar-refractivity contribution in [3.8, 4) is 0 Å². The van der Waals surface area contributed by atoms with Crippen LogP contribution in [0.3, 0.4) is 0 Å². The number of aromatic nitrogens is 2. The second-order valence-corrected chi connectivity index (χ2v) is 7.90. The van der Waals surface area contributed by atoms with Crippen LogP contribution in [-0.4, -0.2) is 58.5 Å². The van der Waals surface area contributed by atoms with Crippen molar-refractivity contribution in [1.82, 2.24) is 19.8 Å². The minimum atomic E-state index is 0.625. The van der Waals surface area contributed by atoms with Crippen molar-refractivity contribution in [3.63, 3.8) is 0 Å². The van der Waals surface area contributed by atoms with Crippen molar-refractivity contribution in [2.45, 2.75) is 32.2 Å². The number of pyridine rings is 2.